The van der Waals surface area contributed by atoms with Gasteiger partial charge in [-0.25, -0.2) is 0 Å². The van der Waals surface area contributed by atoms with E-state index in [1.165, 1.54) is 19.2 Å². The molecule has 0 fully saturated rings. The summed E-state index contributed by atoms with van der Waals surface area (Å²) in [5.74, 6) is 0.556. The molecule has 0 N–H and O–H groups in total. The lowest BCUT2D eigenvalue weighted by Crippen LogP contribution is -1.91. The van der Waals surface area contributed by atoms with Gasteiger partial charge < -0.3 is 4.74 Å². The minimum atomic E-state index is -0.462. The average Bonchev–Trinajstić information content (AvgIpc) is 2.38. The molecule has 0 aliphatic carbocycles. The molecule has 0 saturated heterocycles. The first-order chi connectivity index (χ1) is 8.69. The van der Waals surface area contributed by atoms with E-state index in [4.69, 9.17) is 10.3 Å². The average molecular weight is 248 g/mol. The van der Waals surface area contributed by atoms with Gasteiger partial charge in [0.2, 0.25) is 0 Å². The highest BCUT2D eigenvalue weighted by atomic mass is 16.6. The Bertz CT molecular complexity index is 507. The van der Waals surface area contributed by atoms with Crippen LogP contribution in [0.2, 0.25) is 0 Å². The minimum Gasteiger partial charge on any atom is -0.496 e. The second-order valence-electron chi connectivity index (χ2n) is 3.33. The monoisotopic (exact) mass is 248 g/mol. The van der Waals surface area contributed by atoms with Gasteiger partial charge in [-0.15, -0.1) is 0 Å². The van der Waals surface area contributed by atoms with Gasteiger partial charge in [-0.05, 0) is 18.0 Å². The first-order valence-electron chi connectivity index (χ1n) is 5.19. The number of nitrogens with zero attached hydrogens (tertiary/aromatic N) is 4. The van der Waals surface area contributed by atoms with E-state index in [9.17, 15) is 10.1 Å². The first kappa shape index (κ1) is 13.5. The van der Waals surface area contributed by atoms with E-state index in [-0.39, 0.29) is 5.69 Å². The van der Waals surface area contributed by atoms with Crippen molar-refractivity contribution in [3.05, 3.63) is 50.4 Å². The lowest BCUT2D eigenvalue weighted by atomic mass is 10.1. The van der Waals surface area contributed by atoms with Crippen LogP contribution in [-0.2, 0) is 0 Å². The van der Waals surface area contributed by atoms with Crippen LogP contribution in [0, 0.1) is 10.1 Å². The highest BCUT2D eigenvalue weighted by Crippen LogP contribution is 2.25. The molecule has 0 spiro atoms. The zero-order valence-corrected chi connectivity index (χ0v) is 9.81. The van der Waals surface area contributed by atoms with Crippen LogP contribution in [0.4, 0.5) is 5.69 Å². The van der Waals surface area contributed by atoms with Gasteiger partial charge in [-0.3, -0.25) is 10.1 Å². The summed E-state index contributed by atoms with van der Waals surface area (Å²) in [5, 5.41) is 14.0. The lowest BCUT2D eigenvalue weighted by molar-refractivity contribution is -0.384. The lowest BCUT2D eigenvalue weighted by Gasteiger charge is -2.03. The number of methoxy groups -OCH3 is 1. The van der Waals surface area contributed by atoms with Crippen LogP contribution in [0.5, 0.6) is 5.75 Å². The SMILES string of the molecule is COc1ccc([N+](=O)[O-])cc1C=CCCN=[N+]=[N-]. The highest BCUT2D eigenvalue weighted by molar-refractivity contribution is 5.60. The molecule has 0 aliphatic rings. The van der Waals surface area contributed by atoms with E-state index in [0.29, 0.717) is 24.3 Å². The molecule has 1 rings (SSSR count). The number of ether oxygens (including phenoxy) is 1. The Balaban J connectivity index is 2.87. The molecular formula is C11H12N4O3. The number of hydrogen-bond acceptors (Lipinski definition) is 4. The van der Waals surface area contributed by atoms with Crippen molar-refractivity contribution in [1.29, 1.82) is 0 Å². The Morgan fingerprint density at radius 3 is 3.00 bits per heavy atom. The summed E-state index contributed by atoms with van der Waals surface area (Å²) in [6.07, 6.45) is 4.05. The fraction of sp³-hybridized carbons (Fsp3) is 0.273. The van der Waals surface area contributed by atoms with Crippen molar-refractivity contribution in [2.24, 2.45) is 5.11 Å². The number of benzene rings is 1. The molecule has 7 heteroatoms. The quantitative estimate of drug-likeness (QED) is 0.193. The number of azide groups is 1. The van der Waals surface area contributed by atoms with Crippen molar-refractivity contribution in [2.45, 2.75) is 6.42 Å². The molecule has 0 aliphatic heterocycles. The van der Waals surface area contributed by atoms with Crippen molar-refractivity contribution < 1.29 is 9.66 Å². The summed E-state index contributed by atoms with van der Waals surface area (Å²) in [5.41, 5.74) is 8.72. The van der Waals surface area contributed by atoms with Gasteiger partial charge in [0, 0.05) is 29.2 Å². The zero-order valence-electron chi connectivity index (χ0n) is 9.81. The van der Waals surface area contributed by atoms with Gasteiger partial charge in [0.1, 0.15) is 5.75 Å². The molecule has 0 atom stereocenters. The van der Waals surface area contributed by atoms with Crippen LogP contribution < -0.4 is 4.74 Å². The molecule has 0 aromatic heterocycles. The van der Waals surface area contributed by atoms with E-state index in [1.807, 2.05) is 0 Å². The Morgan fingerprint density at radius 2 is 2.39 bits per heavy atom. The molecule has 18 heavy (non-hydrogen) atoms. The fourth-order valence-corrected chi connectivity index (χ4v) is 1.35. The highest BCUT2D eigenvalue weighted by Gasteiger charge is 2.08. The summed E-state index contributed by atoms with van der Waals surface area (Å²) in [4.78, 5) is 12.8. The van der Waals surface area contributed by atoms with E-state index in [0.717, 1.165) is 0 Å². The maximum atomic E-state index is 10.7. The van der Waals surface area contributed by atoms with Crippen LogP contribution in [0.25, 0.3) is 16.5 Å². The Hall–Kier alpha value is -2.53. The first-order valence-corrected chi connectivity index (χ1v) is 5.19. The van der Waals surface area contributed by atoms with Crippen LogP contribution >= 0.6 is 0 Å². The third-order valence-corrected chi connectivity index (χ3v) is 2.18. The molecule has 1 aromatic rings. The molecule has 0 heterocycles. The minimum absolute atomic E-state index is 0.00509. The predicted octanol–water partition coefficient (Wildman–Crippen LogP) is 3.32. The summed E-state index contributed by atoms with van der Waals surface area (Å²) in [7, 11) is 1.50. The van der Waals surface area contributed by atoms with Gasteiger partial charge >= 0.3 is 0 Å². The van der Waals surface area contributed by atoms with E-state index in [1.54, 1.807) is 18.2 Å². The summed E-state index contributed by atoms with van der Waals surface area (Å²) in [6.45, 7) is 0.351. The van der Waals surface area contributed by atoms with Gasteiger partial charge in [-0.1, -0.05) is 17.3 Å². The Kier molecular flexibility index (Phi) is 5.21. The summed E-state index contributed by atoms with van der Waals surface area (Å²) in [6, 6.07) is 4.37. The number of rotatable bonds is 6. The molecular weight excluding hydrogens is 236 g/mol. The van der Waals surface area contributed by atoms with E-state index in [2.05, 4.69) is 10.0 Å². The van der Waals surface area contributed by atoms with Crippen LogP contribution in [0.1, 0.15) is 12.0 Å². The van der Waals surface area contributed by atoms with Crippen LogP contribution in [-0.4, -0.2) is 18.6 Å². The largest absolute Gasteiger partial charge is 0.496 e. The number of non-ortho nitro benzene ring substituents is 1. The van der Waals surface area contributed by atoms with Gasteiger partial charge in [0.15, 0.2) is 0 Å². The fourth-order valence-electron chi connectivity index (χ4n) is 1.35. The van der Waals surface area contributed by atoms with Crippen molar-refractivity contribution in [1.82, 2.24) is 0 Å². The standard InChI is InChI=1S/C11H12N4O3/c1-18-11-6-5-10(15(16)17)8-9(11)4-2-3-7-13-14-12/h2,4-6,8H,3,7H2,1H3. The molecule has 0 saturated carbocycles. The van der Waals surface area contributed by atoms with Gasteiger partial charge in [0.05, 0.1) is 12.0 Å². The van der Waals surface area contributed by atoms with Crippen LogP contribution in [0.15, 0.2) is 29.4 Å². The maximum absolute atomic E-state index is 10.7. The second-order valence-corrected chi connectivity index (χ2v) is 3.33. The van der Waals surface area contributed by atoms with E-state index >= 15 is 0 Å². The topological polar surface area (TPSA) is 101 Å². The molecule has 0 radical (unpaired) electrons. The van der Waals surface area contributed by atoms with Crippen LogP contribution in [0.3, 0.4) is 0 Å². The van der Waals surface area contributed by atoms with Crippen molar-refractivity contribution in [3.8, 4) is 5.75 Å². The molecule has 1 aromatic carbocycles. The number of nitro groups is 1. The maximum Gasteiger partial charge on any atom is 0.270 e. The van der Waals surface area contributed by atoms with E-state index < -0.39 is 4.92 Å². The Morgan fingerprint density at radius 1 is 1.61 bits per heavy atom. The molecule has 0 bridgehead atoms. The molecule has 0 unspecified atom stereocenters. The smallest absolute Gasteiger partial charge is 0.270 e. The Labute approximate surface area is 103 Å². The van der Waals surface area contributed by atoms with Crippen molar-refractivity contribution in [2.75, 3.05) is 13.7 Å². The normalized spacial score (nSPS) is 10.1. The van der Waals surface area contributed by atoms with Gasteiger partial charge in [-0.2, -0.15) is 0 Å². The molecule has 7 nitrogen and oxygen atoms in total. The summed E-state index contributed by atoms with van der Waals surface area (Å²) < 4.78 is 5.10. The predicted molar refractivity (Wildman–Crippen MR) is 67.3 cm³/mol. The third kappa shape index (κ3) is 3.80. The van der Waals surface area contributed by atoms with Crippen molar-refractivity contribution >= 4 is 11.8 Å². The van der Waals surface area contributed by atoms with Gasteiger partial charge in [0.25, 0.3) is 5.69 Å². The zero-order chi connectivity index (χ0) is 13.4. The van der Waals surface area contributed by atoms with Crippen molar-refractivity contribution in [3.63, 3.8) is 0 Å². The second kappa shape index (κ2) is 6.93. The molecule has 94 valence electrons. The third-order valence-electron chi connectivity index (χ3n) is 2.18. The number of hydrogen-bond donors (Lipinski definition) is 0. The molecule has 0 amide bonds. The number of nitro benzene ring substituents is 1. The summed E-state index contributed by atoms with van der Waals surface area (Å²) >= 11 is 0.